The van der Waals surface area contributed by atoms with E-state index in [-0.39, 0.29) is 13.2 Å². The van der Waals surface area contributed by atoms with Gasteiger partial charge >= 0.3 is 0 Å². The van der Waals surface area contributed by atoms with Crippen molar-refractivity contribution in [1.82, 2.24) is 10.2 Å². The van der Waals surface area contributed by atoms with Crippen LogP contribution in [0.4, 0.5) is 0 Å². The molecule has 1 heterocycles. The van der Waals surface area contributed by atoms with Gasteiger partial charge < -0.3 is 25.2 Å². The van der Waals surface area contributed by atoms with Crippen molar-refractivity contribution < 1.29 is 14.9 Å². The lowest BCUT2D eigenvalue weighted by Gasteiger charge is -2.03. The highest BCUT2D eigenvalue weighted by Gasteiger charge is 1.94. The Morgan fingerprint density at radius 1 is 1.21 bits per heavy atom. The molecule has 88 valence electrons. The van der Waals surface area contributed by atoms with Crippen LogP contribution in [0.25, 0.3) is 0 Å². The monoisotopic (exact) mass is 208 g/mol. The van der Waals surface area contributed by atoms with Gasteiger partial charge in [0.05, 0.1) is 26.4 Å². The van der Waals surface area contributed by atoms with E-state index in [1.807, 2.05) is 19.0 Å². The van der Waals surface area contributed by atoms with Crippen molar-refractivity contribution in [3.05, 3.63) is 0 Å². The lowest BCUT2D eigenvalue weighted by Crippen LogP contribution is -2.15. The molecule has 14 heavy (non-hydrogen) atoms. The fraction of sp³-hybridized carbons (Fsp3) is 1.00. The summed E-state index contributed by atoms with van der Waals surface area (Å²) in [6.07, 6.45) is 0. The van der Waals surface area contributed by atoms with Crippen molar-refractivity contribution in [2.75, 3.05) is 60.7 Å². The molecule has 0 aromatic carbocycles. The van der Waals surface area contributed by atoms with Crippen molar-refractivity contribution in [2.24, 2.45) is 0 Å². The summed E-state index contributed by atoms with van der Waals surface area (Å²) < 4.78 is 4.50. The average molecular weight is 208 g/mol. The SMILES string of the molecule is C1CO1.CN(C)CCO.CNCCO. The average Bonchev–Trinajstić information content (AvgIpc) is 2.92. The summed E-state index contributed by atoms with van der Waals surface area (Å²) in [7, 11) is 5.66. The molecule has 0 saturated carbocycles. The minimum Gasteiger partial charge on any atom is -0.395 e. The molecular weight excluding hydrogens is 184 g/mol. The van der Waals surface area contributed by atoms with Gasteiger partial charge in [0.1, 0.15) is 0 Å². The maximum Gasteiger partial charge on any atom is 0.0701 e. The molecule has 3 N–H and O–H groups in total. The lowest BCUT2D eigenvalue weighted by molar-refractivity contribution is 0.243. The van der Waals surface area contributed by atoms with Crippen molar-refractivity contribution in [3.63, 3.8) is 0 Å². The molecule has 0 aromatic heterocycles. The smallest absolute Gasteiger partial charge is 0.0701 e. The van der Waals surface area contributed by atoms with E-state index in [1.54, 1.807) is 7.05 Å². The van der Waals surface area contributed by atoms with Crippen LogP contribution in [0, 0.1) is 0 Å². The minimum absolute atomic E-state index is 0.233. The fourth-order valence-electron chi connectivity index (χ4n) is 0.312. The number of rotatable bonds is 4. The molecule has 0 spiro atoms. The summed E-state index contributed by atoms with van der Waals surface area (Å²) in [5, 5.41) is 19.0. The van der Waals surface area contributed by atoms with Crippen LogP contribution in [0.1, 0.15) is 0 Å². The first-order chi connectivity index (χ1) is 6.68. The van der Waals surface area contributed by atoms with Crippen LogP contribution in [0.5, 0.6) is 0 Å². The number of aliphatic hydroxyl groups is 2. The Morgan fingerprint density at radius 3 is 1.71 bits per heavy atom. The number of ether oxygens (including phenoxy) is 1. The first kappa shape index (κ1) is 16.2. The van der Waals surface area contributed by atoms with E-state index in [2.05, 4.69) is 10.1 Å². The Hall–Kier alpha value is -0.200. The maximum absolute atomic E-state index is 8.20. The topological polar surface area (TPSA) is 68.3 Å². The van der Waals surface area contributed by atoms with E-state index in [9.17, 15) is 0 Å². The van der Waals surface area contributed by atoms with Crippen LogP contribution in [-0.4, -0.2) is 75.8 Å². The van der Waals surface area contributed by atoms with Crippen LogP contribution in [0.2, 0.25) is 0 Å². The predicted molar refractivity (Wildman–Crippen MR) is 57.5 cm³/mol. The second kappa shape index (κ2) is 15.3. The highest BCUT2D eigenvalue weighted by molar-refractivity contribution is 4.36. The molecule has 0 atom stereocenters. The zero-order chi connectivity index (χ0) is 11.2. The normalized spacial score (nSPS) is 12.4. The zero-order valence-electron chi connectivity index (χ0n) is 9.49. The third kappa shape index (κ3) is 40.9. The van der Waals surface area contributed by atoms with E-state index < -0.39 is 0 Å². The molecule has 5 heteroatoms. The van der Waals surface area contributed by atoms with Crippen molar-refractivity contribution >= 4 is 0 Å². The van der Waals surface area contributed by atoms with Crippen LogP contribution >= 0.6 is 0 Å². The van der Waals surface area contributed by atoms with E-state index in [0.29, 0.717) is 6.54 Å². The van der Waals surface area contributed by atoms with Crippen molar-refractivity contribution in [2.45, 2.75) is 0 Å². The highest BCUT2D eigenvalue weighted by atomic mass is 16.6. The molecule has 1 aliphatic rings. The first-order valence-electron chi connectivity index (χ1n) is 4.77. The third-order valence-electron chi connectivity index (χ3n) is 1.11. The number of epoxide rings is 1. The largest absolute Gasteiger partial charge is 0.395 e. The first-order valence-corrected chi connectivity index (χ1v) is 4.77. The third-order valence-corrected chi connectivity index (χ3v) is 1.11. The molecule has 1 fully saturated rings. The summed E-state index contributed by atoms with van der Waals surface area (Å²) in [5.74, 6) is 0. The Balaban J connectivity index is 0. The molecule has 5 nitrogen and oxygen atoms in total. The zero-order valence-corrected chi connectivity index (χ0v) is 9.49. The van der Waals surface area contributed by atoms with Gasteiger partial charge in [-0.15, -0.1) is 0 Å². The maximum atomic E-state index is 8.20. The number of likely N-dealkylation sites (N-methyl/N-ethyl adjacent to an activating group) is 2. The van der Waals surface area contributed by atoms with E-state index in [0.717, 1.165) is 19.8 Å². The Labute approximate surface area is 86.7 Å². The summed E-state index contributed by atoms with van der Waals surface area (Å²) >= 11 is 0. The van der Waals surface area contributed by atoms with Crippen LogP contribution < -0.4 is 5.32 Å². The van der Waals surface area contributed by atoms with Gasteiger partial charge in [-0.2, -0.15) is 0 Å². The fourth-order valence-corrected chi connectivity index (χ4v) is 0.312. The predicted octanol–water partition coefficient (Wildman–Crippen LogP) is -1.24. The Bertz CT molecular complexity index is 85.4. The lowest BCUT2D eigenvalue weighted by atomic mass is 10.6. The molecule has 0 amide bonds. The molecule has 0 aliphatic carbocycles. The molecule has 0 bridgehead atoms. The molecule has 1 aliphatic heterocycles. The number of hydrogen-bond acceptors (Lipinski definition) is 5. The van der Waals surface area contributed by atoms with Gasteiger partial charge in [0.2, 0.25) is 0 Å². The molecule has 1 rings (SSSR count). The van der Waals surface area contributed by atoms with Gasteiger partial charge in [-0.05, 0) is 21.1 Å². The number of aliphatic hydroxyl groups excluding tert-OH is 2. The van der Waals surface area contributed by atoms with Gasteiger partial charge in [-0.1, -0.05) is 0 Å². The van der Waals surface area contributed by atoms with E-state index in [1.165, 1.54) is 0 Å². The summed E-state index contributed by atoms with van der Waals surface area (Å²) in [4.78, 5) is 1.93. The molecule has 0 radical (unpaired) electrons. The van der Waals surface area contributed by atoms with Gasteiger partial charge in [-0.3, -0.25) is 0 Å². The summed E-state index contributed by atoms with van der Waals surface area (Å²) in [5.41, 5.74) is 0. The second-order valence-corrected chi connectivity index (χ2v) is 2.97. The quantitative estimate of drug-likeness (QED) is 0.504. The number of nitrogens with zero attached hydrogens (tertiary/aromatic N) is 1. The summed E-state index contributed by atoms with van der Waals surface area (Å²) in [6.45, 7) is 3.95. The standard InChI is InChI=1S/C4H11NO.C3H9NO.C2H4O/c1-5(2)3-4-6;1-4-2-3-5;1-2-3-1/h6H,3-4H2,1-2H3;4-5H,2-3H2,1H3;1-2H2. The molecular formula is C9H24N2O3. The molecule has 0 aromatic rings. The van der Waals surface area contributed by atoms with Crippen LogP contribution in [0.15, 0.2) is 0 Å². The number of nitrogens with one attached hydrogen (secondary N) is 1. The van der Waals surface area contributed by atoms with Gasteiger partial charge in [-0.25, -0.2) is 0 Å². The van der Waals surface area contributed by atoms with Gasteiger partial charge in [0.25, 0.3) is 0 Å². The van der Waals surface area contributed by atoms with E-state index >= 15 is 0 Å². The second-order valence-electron chi connectivity index (χ2n) is 2.97. The van der Waals surface area contributed by atoms with Gasteiger partial charge in [0, 0.05) is 13.1 Å². The Morgan fingerprint density at radius 2 is 1.71 bits per heavy atom. The molecule has 0 unspecified atom stereocenters. The highest BCUT2D eigenvalue weighted by Crippen LogP contribution is 1.84. The molecule has 1 saturated heterocycles. The van der Waals surface area contributed by atoms with Crippen LogP contribution in [-0.2, 0) is 4.74 Å². The van der Waals surface area contributed by atoms with Crippen LogP contribution in [0.3, 0.4) is 0 Å². The summed E-state index contributed by atoms with van der Waals surface area (Å²) in [6, 6.07) is 0. The van der Waals surface area contributed by atoms with E-state index in [4.69, 9.17) is 10.2 Å². The minimum atomic E-state index is 0.233. The Kier molecular flexibility index (Phi) is 17.7. The van der Waals surface area contributed by atoms with Crippen molar-refractivity contribution in [1.29, 1.82) is 0 Å². The van der Waals surface area contributed by atoms with Crippen molar-refractivity contribution in [3.8, 4) is 0 Å². The number of hydrogen-bond donors (Lipinski definition) is 3. The van der Waals surface area contributed by atoms with Gasteiger partial charge in [0.15, 0.2) is 0 Å².